The molecule has 4 heteroatoms. The van der Waals surface area contributed by atoms with E-state index in [0.717, 1.165) is 5.56 Å². The second-order valence-corrected chi connectivity index (χ2v) is 3.47. The van der Waals surface area contributed by atoms with Crippen molar-refractivity contribution in [3.05, 3.63) is 40.5 Å². The monoisotopic (exact) mass is 207 g/mol. The van der Waals surface area contributed by atoms with Gasteiger partial charge in [0, 0.05) is 10.9 Å². The maximum Gasteiger partial charge on any atom is 0.171 e. The van der Waals surface area contributed by atoms with Crippen LogP contribution < -0.4 is 0 Å². The van der Waals surface area contributed by atoms with Crippen LogP contribution >= 0.6 is 11.3 Å². The first kappa shape index (κ1) is 9.02. The second-order valence-electron chi connectivity index (χ2n) is 2.69. The number of hydrogen-bond donors (Lipinski definition) is 0. The molecule has 2 aromatic rings. The summed E-state index contributed by atoms with van der Waals surface area (Å²) in [6, 6.07) is 4.69. The number of pyridine rings is 1. The minimum Gasteiger partial charge on any atom is -0.296 e. The fraction of sp³-hybridized carbons (Fsp3) is 0. The number of carbonyl (C=O) groups excluding carboxylic acids is 1. The SMILES string of the molecule is O=Cc1nc(-c2ccsc2)ccc1F. The maximum absolute atomic E-state index is 12.9. The van der Waals surface area contributed by atoms with Crippen molar-refractivity contribution in [2.75, 3.05) is 0 Å². The Morgan fingerprint density at radius 3 is 2.86 bits per heavy atom. The van der Waals surface area contributed by atoms with Gasteiger partial charge < -0.3 is 0 Å². The molecule has 0 amide bonds. The highest BCUT2D eigenvalue weighted by Crippen LogP contribution is 2.20. The van der Waals surface area contributed by atoms with E-state index in [1.807, 2.05) is 16.8 Å². The van der Waals surface area contributed by atoms with Crippen LogP contribution in [0.4, 0.5) is 4.39 Å². The van der Waals surface area contributed by atoms with Crippen LogP contribution in [0.1, 0.15) is 10.5 Å². The Bertz CT molecular complexity index is 453. The van der Waals surface area contributed by atoms with E-state index in [1.54, 1.807) is 6.07 Å². The van der Waals surface area contributed by atoms with Crippen LogP contribution in [0.5, 0.6) is 0 Å². The number of carbonyl (C=O) groups is 1. The van der Waals surface area contributed by atoms with E-state index < -0.39 is 5.82 Å². The third kappa shape index (κ3) is 1.56. The van der Waals surface area contributed by atoms with Crippen molar-refractivity contribution in [3.63, 3.8) is 0 Å². The fourth-order valence-corrected chi connectivity index (χ4v) is 1.76. The highest BCUT2D eigenvalue weighted by molar-refractivity contribution is 7.08. The Kier molecular flexibility index (Phi) is 2.37. The molecule has 0 spiro atoms. The number of rotatable bonds is 2. The summed E-state index contributed by atoms with van der Waals surface area (Å²) in [7, 11) is 0. The number of aldehydes is 1. The van der Waals surface area contributed by atoms with Crippen molar-refractivity contribution in [1.82, 2.24) is 4.98 Å². The maximum atomic E-state index is 12.9. The largest absolute Gasteiger partial charge is 0.296 e. The molecule has 0 aliphatic carbocycles. The predicted octanol–water partition coefficient (Wildman–Crippen LogP) is 2.76. The lowest BCUT2D eigenvalue weighted by molar-refractivity contribution is 0.111. The van der Waals surface area contributed by atoms with Gasteiger partial charge >= 0.3 is 0 Å². The lowest BCUT2D eigenvalue weighted by Gasteiger charge is -1.98. The molecule has 0 aromatic carbocycles. The molecule has 0 aliphatic rings. The fourth-order valence-electron chi connectivity index (χ4n) is 1.11. The van der Waals surface area contributed by atoms with E-state index in [4.69, 9.17) is 0 Å². The first-order chi connectivity index (χ1) is 6.81. The second kappa shape index (κ2) is 3.67. The summed E-state index contributed by atoms with van der Waals surface area (Å²) in [4.78, 5) is 14.3. The van der Waals surface area contributed by atoms with E-state index in [2.05, 4.69) is 4.98 Å². The summed E-state index contributed by atoms with van der Waals surface area (Å²) in [6.45, 7) is 0. The van der Waals surface area contributed by atoms with E-state index >= 15 is 0 Å². The average molecular weight is 207 g/mol. The van der Waals surface area contributed by atoms with Crippen LogP contribution in [0.3, 0.4) is 0 Å². The van der Waals surface area contributed by atoms with Gasteiger partial charge in [-0.3, -0.25) is 4.79 Å². The van der Waals surface area contributed by atoms with Gasteiger partial charge in [0.1, 0.15) is 5.69 Å². The Labute approximate surface area is 84.0 Å². The van der Waals surface area contributed by atoms with Crippen LogP contribution in [-0.2, 0) is 0 Å². The molecular formula is C10H6FNOS. The molecule has 0 fully saturated rings. The first-order valence-corrected chi connectivity index (χ1v) is 4.90. The molecule has 0 radical (unpaired) electrons. The lowest BCUT2D eigenvalue weighted by Crippen LogP contribution is -1.94. The summed E-state index contributed by atoms with van der Waals surface area (Å²) in [5.74, 6) is -0.584. The van der Waals surface area contributed by atoms with Crippen molar-refractivity contribution < 1.29 is 9.18 Å². The van der Waals surface area contributed by atoms with Gasteiger partial charge in [0.15, 0.2) is 12.1 Å². The van der Waals surface area contributed by atoms with E-state index in [1.165, 1.54) is 17.4 Å². The van der Waals surface area contributed by atoms with E-state index in [9.17, 15) is 9.18 Å². The highest BCUT2D eigenvalue weighted by atomic mass is 32.1. The molecule has 0 saturated heterocycles. The van der Waals surface area contributed by atoms with Gasteiger partial charge in [0.2, 0.25) is 0 Å². The summed E-state index contributed by atoms with van der Waals surface area (Å²) < 4.78 is 12.9. The molecule has 0 aliphatic heterocycles. The van der Waals surface area contributed by atoms with Crippen molar-refractivity contribution in [1.29, 1.82) is 0 Å². The smallest absolute Gasteiger partial charge is 0.171 e. The summed E-state index contributed by atoms with van der Waals surface area (Å²) in [5, 5.41) is 3.80. The summed E-state index contributed by atoms with van der Waals surface area (Å²) in [6.07, 6.45) is 0.422. The van der Waals surface area contributed by atoms with Crippen molar-refractivity contribution in [2.24, 2.45) is 0 Å². The molecule has 2 nitrogen and oxygen atoms in total. The Balaban J connectivity index is 2.51. The number of nitrogens with zero attached hydrogens (tertiary/aromatic N) is 1. The molecule has 2 heterocycles. The molecule has 0 N–H and O–H groups in total. The van der Waals surface area contributed by atoms with E-state index in [-0.39, 0.29) is 5.69 Å². The van der Waals surface area contributed by atoms with Gasteiger partial charge in [0.25, 0.3) is 0 Å². The third-order valence-electron chi connectivity index (χ3n) is 1.80. The van der Waals surface area contributed by atoms with Gasteiger partial charge in [-0.25, -0.2) is 9.37 Å². The predicted molar refractivity (Wildman–Crippen MR) is 52.9 cm³/mol. The zero-order chi connectivity index (χ0) is 9.97. The molecule has 0 unspecified atom stereocenters. The molecular weight excluding hydrogens is 201 g/mol. The molecule has 0 bridgehead atoms. The van der Waals surface area contributed by atoms with Crippen LogP contribution in [-0.4, -0.2) is 11.3 Å². The summed E-state index contributed by atoms with van der Waals surface area (Å²) >= 11 is 1.53. The quantitative estimate of drug-likeness (QED) is 0.709. The zero-order valence-corrected chi connectivity index (χ0v) is 7.92. The van der Waals surface area contributed by atoms with Gasteiger partial charge in [-0.05, 0) is 23.6 Å². The third-order valence-corrected chi connectivity index (χ3v) is 2.48. The number of halogens is 1. The zero-order valence-electron chi connectivity index (χ0n) is 7.11. The van der Waals surface area contributed by atoms with E-state index in [0.29, 0.717) is 12.0 Å². The van der Waals surface area contributed by atoms with Gasteiger partial charge in [-0.15, -0.1) is 0 Å². The molecule has 2 rings (SSSR count). The van der Waals surface area contributed by atoms with Crippen molar-refractivity contribution in [2.45, 2.75) is 0 Å². The topological polar surface area (TPSA) is 30.0 Å². The summed E-state index contributed by atoms with van der Waals surface area (Å²) in [5.41, 5.74) is 1.38. The minimum atomic E-state index is -0.584. The van der Waals surface area contributed by atoms with Gasteiger partial charge in [-0.2, -0.15) is 11.3 Å². The Hall–Kier alpha value is -1.55. The minimum absolute atomic E-state index is 0.145. The van der Waals surface area contributed by atoms with Crippen LogP contribution in [0.2, 0.25) is 0 Å². The van der Waals surface area contributed by atoms with Crippen LogP contribution in [0.15, 0.2) is 29.0 Å². The Morgan fingerprint density at radius 1 is 1.36 bits per heavy atom. The van der Waals surface area contributed by atoms with Crippen LogP contribution in [0, 0.1) is 5.82 Å². The van der Waals surface area contributed by atoms with Gasteiger partial charge in [-0.1, -0.05) is 0 Å². The number of hydrogen-bond acceptors (Lipinski definition) is 3. The normalized spacial score (nSPS) is 10.1. The molecule has 0 saturated carbocycles. The van der Waals surface area contributed by atoms with Crippen LogP contribution in [0.25, 0.3) is 11.3 Å². The molecule has 0 atom stereocenters. The van der Waals surface area contributed by atoms with Crippen molar-refractivity contribution >= 4 is 17.6 Å². The lowest BCUT2D eigenvalue weighted by atomic mass is 10.2. The Morgan fingerprint density at radius 2 is 2.21 bits per heavy atom. The average Bonchev–Trinajstić information content (AvgIpc) is 2.71. The molecule has 14 heavy (non-hydrogen) atoms. The number of aromatic nitrogens is 1. The number of thiophene rings is 1. The standard InChI is InChI=1S/C10H6FNOS/c11-8-1-2-9(12-10(8)5-13)7-3-4-14-6-7/h1-6H. The molecule has 2 aromatic heterocycles. The van der Waals surface area contributed by atoms with Gasteiger partial charge in [0.05, 0.1) is 5.69 Å². The first-order valence-electron chi connectivity index (χ1n) is 3.95. The van der Waals surface area contributed by atoms with Crippen molar-refractivity contribution in [3.8, 4) is 11.3 Å². The molecule has 70 valence electrons. The highest BCUT2D eigenvalue weighted by Gasteiger charge is 2.05.